The van der Waals surface area contributed by atoms with Crippen molar-refractivity contribution in [1.82, 2.24) is 0 Å². The molecule has 6 aromatic rings. The molecule has 4 nitrogen and oxygen atoms in total. The predicted octanol–water partition coefficient (Wildman–Crippen LogP) is 19.6. The lowest BCUT2D eigenvalue weighted by Gasteiger charge is -2.29. The van der Waals surface area contributed by atoms with Gasteiger partial charge in [0.15, 0.2) is 0 Å². The van der Waals surface area contributed by atoms with E-state index < -0.39 is 0 Å². The van der Waals surface area contributed by atoms with Gasteiger partial charge in [0.25, 0.3) is 0 Å². The molecule has 1 unspecified atom stereocenters. The second kappa shape index (κ2) is 27.8. The van der Waals surface area contributed by atoms with Crippen LogP contribution in [0.5, 0.6) is 0 Å². The maximum atomic E-state index is 3.97. The molecule has 0 radical (unpaired) electrons. The number of fused-ring (bicyclic) bond motifs is 2. The van der Waals surface area contributed by atoms with Crippen molar-refractivity contribution in [1.29, 1.82) is 0 Å². The summed E-state index contributed by atoms with van der Waals surface area (Å²) in [5.74, 6) is 4.15. The average Bonchev–Trinajstić information content (AvgIpc) is 3.34. The molecule has 1 N–H and O–H groups in total. The van der Waals surface area contributed by atoms with E-state index in [1.54, 1.807) is 12.4 Å². The fraction of sp³-hybridized carbons (Fsp3) is 0.364. The molecule has 0 fully saturated rings. The Balaban J connectivity index is 0.000000226. The second-order valence-corrected chi connectivity index (χ2v) is 20.8. The first kappa shape index (κ1) is 56.3. The van der Waals surface area contributed by atoms with Gasteiger partial charge in [0.1, 0.15) is 0 Å². The molecule has 0 aromatic heterocycles. The first-order valence-corrected chi connectivity index (χ1v) is 25.8. The topological polar surface area (TPSA) is 40.0 Å². The molecule has 6 aromatic carbocycles. The number of aliphatic imine (C=N–C) groups is 2. The van der Waals surface area contributed by atoms with Crippen LogP contribution >= 0.6 is 0 Å². The van der Waals surface area contributed by atoms with E-state index in [2.05, 4.69) is 271 Å². The van der Waals surface area contributed by atoms with Crippen molar-refractivity contribution >= 4 is 41.7 Å². The van der Waals surface area contributed by atoms with Crippen molar-refractivity contribution in [3.8, 4) is 11.1 Å². The molecular weight excluding hydrogens is 849 g/mol. The van der Waals surface area contributed by atoms with Crippen LogP contribution in [0.4, 0.5) is 11.4 Å². The van der Waals surface area contributed by atoms with Crippen molar-refractivity contribution in [2.45, 2.75) is 146 Å². The van der Waals surface area contributed by atoms with Gasteiger partial charge >= 0.3 is 0 Å². The van der Waals surface area contributed by atoms with E-state index >= 15 is 0 Å². The van der Waals surface area contributed by atoms with Crippen LogP contribution in [-0.4, -0.2) is 13.4 Å². The van der Waals surface area contributed by atoms with Crippen LogP contribution in [0.15, 0.2) is 156 Å². The minimum Gasteiger partial charge on any atom is -0.360 e. The number of anilines is 2. The van der Waals surface area contributed by atoms with Crippen molar-refractivity contribution in [2.24, 2.45) is 21.8 Å². The minimum absolute atomic E-state index is 0.434. The lowest BCUT2D eigenvalue weighted by Crippen LogP contribution is -2.19. The lowest BCUT2D eigenvalue weighted by molar-refractivity contribution is 0.457. The smallest absolute Gasteiger partial charge is 0.0480 e. The number of rotatable bonds is 14. The summed E-state index contributed by atoms with van der Waals surface area (Å²) in [7, 11) is 0. The summed E-state index contributed by atoms with van der Waals surface area (Å²) in [4.78, 5) is 10.1. The molecule has 0 heterocycles. The second-order valence-electron chi connectivity index (χ2n) is 20.8. The largest absolute Gasteiger partial charge is 0.360 e. The molecule has 0 bridgehead atoms. The van der Waals surface area contributed by atoms with Gasteiger partial charge in [-0.05, 0) is 165 Å². The molecule has 0 aliphatic heterocycles. The molecule has 370 valence electrons. The van der Waals surface area contributed by atoms with Gasteiger partial charge in [-0.2, -0.15) is 0 Å². The highest BCUT2D eigenvalue weighted by Gasteiger charge is 2.20. The Bertz CT molecular complexity index is 2610. The van der Waals surface area contributed by atoms with Crippen LogP contribution in [0.3, 0.4) is 0 Å². The molecule has 1 aliphatic rings. The third-order valence-electron chi connectivity index (χ3n) is 13.5. The fourth-order valence-corrected chi connectivity index (χ4v) is 8.40. The zero-order chi connectivity index (χ0) is 51.5. The molecule has 70 heavy (non-hydrogen) atoms. The van der Waals surface area contributed by atoms with Crippen LogP contribution in [-0.2, 0) is 6.54 Å². The van der Waals surface area contributed by atoms with Gasteiger partial charge in [0.2, 0.25) is 0 Å². The molecule has 7 rings (SSSR count). The Morgan fingerprint density at radius 2 is 1.13 bits per heavy atom. The van der Waals surface area contributed by atoms with Crippen molar-refractivity contribution < 1.29 is 0 Å². The molecule has 0 amide bonds. The summed E-state index contributed by atoms with van der Waals surface area (Å²) in [6, 6.07) is 41.7. The molecule has 0 saturated carbocycles. The van der Waals surface area contributed by atoms with E-state index in [0.717, 1.165) is 18.4 Å². The van der Waals surface area contributed by atoms with E-state index in [0.29, 0.717) is 29.6 Å². The summed E-state index contributed by atoms with van der Waals surface area (Å²) in [6.07, 6.45) is 13.1. The predicted molar refractivity (Wildman–Crippen MR) is 313 cm³/mol. The Morgan fingerprint density at radius 1 is 0.586 bits per heavy atom. The maximum Gasteiger partial charge on any atom is 0.0480 e. The Morgan fingerprint density at radius 3 is 1.67 bits per heavy atom. The van der Waals surface area contributed by atoms with Gasteiger partial charge in [-0.1, -0.05) is 199 Å². The standard InChI is InChI=1S/C26H30N2.C21H26N2.C13H16.C6H14/c1-19(2)24-11-8-12-25(20(3)4)26(24)28(16-15-27-5)18-21-13-14-22-9-6-7-10-23(22)17-21;1-15(2)19-13-18(17-9-7-6-8-10-17)14-20(16(3)4)21(19)23-12-11-22-5;1-9-5-4-6-12-7-10(2)11(3)8-13(9)12;1-5(2)6(3)4/h6-17,19-20H,5,18H2,1-4H3;6-16,23H,5H2,1-4H3;4,6-9H,5H2,1-3H3;5-6H,1-4H3/b16-15-;12-11-;;. The van der Waals surface area contributed by atoms with Gasteiger partial charge in [-0.25, -0.2) is 0 Å². The summed E-state index contributed by atoms with van der Waals surface area (Å²) in [5, 5.41) is 5.95. The van der Waals surface area contributed by atoms with Crippen LogP contribution in [0.2, 0.25) is 0 Å². The molecule has 0 saturated heterocycles. The van der Waals surface area contributed by atoms with E-state index in [1.807, 2.05) is 6.20 Å². The third-order valence-corrected chi connectivity index (χ3v) is 13.5. The normalized spacial score (nSPS) is 13.1. The van der Waals surface area contributed by atoms with Gasteiger partial charge in [-0.3, -0.25) is 9.98 Å². The SMILES string of the molecule is C=N/C=C\N(Cc1ccc2ccccc2c1)c1c(C(C)C)cccc1C(C)C.C=N/C=C\Nc1c(C(C)C)cc(-c2ccccc2)cc1C(C)C.CC(C)C(C)C.Cc1cc2c(cc1C)C(C)CC=C2. The van der Waals surface area contributed by atoms with Crippen LogP contribution in [0.1, 0.15) is 176 Å². The van der Waals surface area contributed by atoms with Crippen molar-refractivity contribution in [3.63, 3.8) is 0 Å². The van der Waals surface area contributed by atoms with Crippen molar-refractivity contribution in [3.05, 3.63) is 196 Å². The summed E-state index contributed by atoms with van der Waals surface area (Å²) >= 11 is 0. The monoisotopic (exact) mass is 935 g/mol. The third kappa shape index (κ3) is 16.2. The number of hydrogen-bond acceptors (Lipinski definition) is 4. The van der Waals surface area contributed by atoms with E-state index in [9.17, 15) is 0 Å². The summed E-state index contributed by atoms with van der Waals surface area (Å²) in [6.45, 7) is 41.5. The first-order chi connectivity index (χ1) is 33.4. The zero-order valence-electron chi connectivity index (χ0n) is 45.6. The number of nitrogens with one attached hydrogen (secondary N) is 1. The fourth-order valence-electron chi connectivity index (χ4n) is 8.40. The van der Waals surface area contributed by atoms with Gasteiger partial charge in [0.05, 0.1) is 0 Å². The van der Waals surface area contributed by atoms with Gasteiger partial charge in [-0.15, -0.1) is 0 Å². The zero-order valence-corrected chi connectivity index (χ0v) is 45.6. The number of benzene rings is 6. The highest BCUT2D eigenvalue weighted by Crippen LogP contribution is 2.39. The molecule has 1 atom stereocenters. The highest BCUT2D eigenvalue weighted by atomic mass is 15.1. The van der Waals surface area contributed by atoms with Crippen LogP contribution in [0, 0.1) is 25.7 Å². The Hall–Kier alpha value is -6.26. The van der Waals surface area contributed by atoms with E-state index in [4.69, 9.17) is 0 Å². The molecule has 4 heteroatoms. The van der Waals surface area contributed by atoms with Gasteiger partial charge < -0.3 is 10.2 Å². The molecule has 1 aliphatic carbocycles. The van der Waals surface area contributed by atoms with E-state index in [1.165, 1.54) is 89.8 Å². The average molecular weight is 935 g/mol. The van der Waals surface area contributed by atoms with Crippen LogP contribution in [0.25, 0.3) is 28.0 Å². The summed E-state index contributed by atoms with van der Waals surface area (Å²) < 4.78 is 0. The highest BCUT2D eigenvalue weighted by molar-refractivity contribution is 5.83. The summed E-state index contributed by atoms with van der Waals surface area (Å²) in [5.41, 5.74) is 17.4. The van der Waals surface area contributed by atoms with E-state index in [-0.39, 0.29) is 0 Å². The number of nitrogens with zero attached hydrogens (tertiary/aromatic N) is 3. The van der Waals surface area contributed by atoms with Gasteiger partial charge in [0, 0.05) is 42.7 Å². The number of allylic oxidation sites excluding steroid dienone is 1. The first-order valence-electron chi connectivity index (χ1n) is 25.8. The Labute approximate surface area is 425 Å². The van der Waals surface area contributed by atoms with Crippen molar-refractivity contribution in [2.75, 3.05) is 10.2 Å². The maximum absolute atomic E-state index is 3.97. The number of aryl methyl sites for hydroxylation is 2. The lowest BCUT2D eigenvalue weighted by atomic mass is 9.86. The molecular formula is C66H86N4. The number of hydrogen-bond donors (Lipinski definition) is 1. The Kier molecular flexibility index (Phi) is 22.4. The van der Waals surface area contributed by atoms with Crippen LogP contribution < -0.4 is 10.2 Å². The quantitative estimate of drug-likeness (QED) is 0.111. The number of para-hydroxylation sites is 1. The molecule has 0 spiro atoms. The minimum atomic E-state index is 0.434.